The number of nitrogens with zero attached hydrogens (tertiary/aromatic N) is 1. The minimum Gasteiger partial charge on any atom is -0.266 e. The molecule has 0 atom stereocenters. The zero-order chi connectivity index (χ0) is 12.2. The van der Waals surface area contributed by atoms with Crippen LogP contribution < -0.4 is 4.72 Å². The van der Waals surface area contributed by atoms with Gasteiger partial charge < -0.3 is 0 Å². The molecule has 0 saturated heterocycles. The van der Waals surface area contributed by atoms with Crippen molar-refractivity contribution in [1.82, 2.24) is 4.72 Å². The average molecular weight is 305 g/mol. The second-order valence-corrected chi connectivity index (χ2v) is 5.77. The van der Waals surface area contributed by atoms with Crippen LogP contribution in [0.15, 0.2) is 28.7 Å². The van der Waals surface area contributed by atoms with Gasteiger partial charge >= 0.3 is 0 Å². The highest BCUT2D eigenvalue weighted by Gasteiger charge is 2.19. The third-order valence-corrected chi connectivity index (χ3v) is 3.85. The van der Waals surface area contributed by atoms with Crippen molar-refractivity contribution < 1.29 is 13.2 Å². The molecule has 87 valence electrons. The van der Waals surface area contributed by atoms with Gasteiger partial charge in [-0.15, -0.1) is 4.72 Å². The Hall–Kier alpha value is -0.880. The summed E-state index contributed by atoms with van der Waals surface area (Å²) in [4.78, 5) is 11.6. The van der Waals surface area contributed by atoms with Crippen LogP contribution in [0.25, 0.3) is 0 Å². The van der Waals surface area contributed by atoms with E-state index in [1.165, 1.54) is 6.07 Å². The zero-order valence-corrected chi connectivity index (χ0v) is 11.1. The summed E-state index contributed by atoms with van der Waals surface area (Å²) in [7, 11) is -3.64. The Kier molecular flexibility index (Phi) is 4.49. The van der Waals surface area contributed by atoms with E-state index in [1.54, 1.807) is 25.1 Å². The highest BCUT2D eigenvalue weighted by Crippen LogP contribution is 2.16. The summed E-state index contributed by atoms with van der Waals surface area (Å²) in [5.74, 6) is -0.843. The highest BCUT2D eigenvalue weighted by molar-refractivity contribution is 9.10. The molecule has 0 N–H and O–H groups in total. The SMILES string of the molecule is CCCS(=O)(=O)[N]C(=O)c1ccccc1Br. The first-order valence-corrected chi connectivity index (χ1v) is 7.11. The van der Waals surface area contributed by atoms with Gasteiger partial charge in [-0.1, -0.05) is 19.1 Å². The summed E-state index contributed by atoms with van der Waals surface area (Å²) in [5, 5.41) is 0. The van der Waals surface area contributed by atoms with Crippen LogP contribution in [0.3, 0.4) is 0 Å². The Balaban J connectivity index is 2.85. The monoisotopic (exact) mass is 304 g/mol. The number of hydrogen-bond donors (Lipinski definition) is 0. The van der Waals surface area contributed by atoms with Crippen molar-refractivity contribution in [2.24, 2.45) is 0 Å². The van der Waals surface area contributed by atoms with Gasteiger partial charge in [-0.2, -0.15) is 0 Å². The quantitative estimate of drug-likeness (QED) is 0.854. The van der Waals surface area contributed by atoms with Crippen molar-refractivity contribution in [1.29, 1.82) is 0 Å². The molecular formula is C10H11BrNO3S. The molecule has 0 unspecified atom stereocenters. The molecule has 0 heterocycles. The molecule has 0 aliphatic rings. The summed E-state index contributed by atoms with van der Waals surface area (Å²) in [6.45, 7) is 1.72. The lowest BCUT2D eigenvalue weighted by Crippen LogP contribution is -2.25. The Labute approximate surface area is 103 Å². The van der Waals surface area contributed by atoms with E-state index in [1.807, 2.05) is 0 Å². The number of rotatable bonds is 4. The fourth-order valence-electron chi connectivity index (χ4n) is 1.11. The molecule has 0 saturated carbocycles. The fraction of sp³-hybridized carbons (Fsp3) is 0.300. The summed E-state index contributed by atoms with van der Waals surface area (Å²) in [5.41, 5.74) is 0.252. The third-order valence-electron chi connectivity index (χ3n) is 1.79. The molecule has 4 nitrogen and oxygen atoms in total. The van der Waals surface area contributed by atoms with Gasteiger partial charge in [-0.05, 0) is 34.5 Å². The summed E-state index contributed by atoms with van der Waals surface area (Å²) in [6, 6.07) is 6.58. The number of carbonyl (C=O) groups excluding carboxylic acids is 1. The van der Waals surface area contributed by atoms with Crippen LogP contribution in [0.5, 0.6) is 0 Å². The Morgan fingerprint density at radius 3 is 2.56 bits per heavy atom. The Morgan fingerprint density at radius 2 is 2.00 bits per heavy atom. The minimum absolute atomic E-state index is 0.108. The molecule has 1 aromatic rings. The first-order chi connectivity index (χ1) is 7.46. The van der Waals surface area contributed by atoms with Crippen molar-refractivity contribution >= 4 is 31.9 Å². The molecule has 1 amide bonds. The summed E-state index contributed by atoms with van der Waals surface area (Å²) < 4.78 is 26.4. The maximum atomic E-state index is 11.6. The van der Waals surface area contributed by atoms with Gasteiger partial charge in [0, 0.05) is 4.47 Å². The van der Waals surface area contributed by atoms with Crippen LogP contribution in [0.4, 0.5) is 0 Å². The van der Waals surface area contributed by atoms with E-state index >= 15 is 0 Å². The molecule has 0 aromatic heterocycles. The second-order valence-electron chi connectivity index (χ2n) is 3.16. The molecule has 0 bridgehead atoms. The number of hydrogen-bond acceptors (Lipinski definition) is 3. The van der Waals surface area contributed by atoms with Gasteiger partial charge in [0.05, 0.1) is 11.3 Å². The molecule has 1 radical (unpaired) electrons. The predicted molar refractivity (Wildman–Crippen MR) is 64.7 cm³/mol. The molecule has 6 heteroatoms. The van der Waals surface area contributed by atoms with E-state index < -0.39 is 15.9 Å². The molecule has 0 aliphatic heterocycles. The molecule has 0 fully saturated rings. The van der Waals surface area contributed by atoms with Crippen LogP contribution >= 0.6 is 15.9 Å². The number of carbonyl (C=O) groups is 1. The smallest absolute Gasteiger partial charge is 0.266 e. The number of halogens is 1. The number of benzene rings is 1. The van der Waals surface area contributed by atoms with Crippen LogP contribution in [-0.2, 0) is 10.0 Å². The lowest BCUT2D eigenvalue weighted by molar-refractivity contribution is 0.0977. The molecule has 0 aliphatic carbocycles. The van der Waals surface area contributed by atoms with Crippen LogP contribution in [-0.4, -0.2) is 20.1 Å². The normalized spacial score (nSPS) is 11.1. The van der Waals surface area contributed by atoms with Gasteiger partial charge in [0.1, 0.15) is 0 Å². The summed E-state index contributed by atoms with van der Waals surface area (Å²) >= 11 is 3.17. The first-order valence-electron chi connectivity index (χ1n) is 4.71. The van der Waals surface area contributed by atoms with Gasteiger partial charge in [0.15, 0.2) is 0 Å². The Morgan fingerprint density at radius 1 is 1.38 bits per heavy atom. The van der Waals surface area contributed by atoms with E-state index in [4.69, 9.17) is 0 Å². The van der Waals surface area contributed by atoms with E-state index in [0.29, 0.717) is 10.9 Å². The van der Waals surface area contributed by atoms with Gasteiger partial charge in [0.25, 0.3) is 15.9 Å². The second kappa shape index (κ2) is 5.45. The predicted octanol–water partition coefficient (Wildman–Crippen LogP) is 1.93. The maximum Gasteiger partial charge on any atom is 0.288 e. The van der Waals surface area contributed by atoms with Gasteiger partial charge in [-0.3, -0.25) is 4.79 Å². The molecular weight excluding hydrogens is 294 g/mol. The topological polar surface area (TPSA) is 65.3 Å². The van der Waals surface area contributed by atoms with E-state index in [-0.39, 0.29) is 11.3 Å². The lowest BCUT2D eigenvalue weighted by Gasteiger charge is -2.03. The Bertz CT molecular complexity index is 485. The van der Waals surface area contributed by atoms with E-state index in [2.05, 4.69) is 20.7 Å². The molecule has 0 spiro atoms. The minimum atomic E-state index is -3.64. The standard InChI is InChI=1S/C10H11BrNO3S/c1-2-7-16(14,15)12-10(13)8-5-3-4-6-9(8)11/h3-6H,2,7H2,1H3. The van der Waals surface area contributed by atoms with E-state index in [0.717, 1.165) is 0 Å². The van der Waals surface area contributed by atoms with Crippen molar-refractivity contribution in [2.75, 3.05) is 5.75 Å². The lowest BCUT2D eigenvalue weighted by atomic mass is 10.2. The van der Waals surface area contributed by atoms with Crippen molar-refractivity contribution in [3.05, 3.63) is 34.3 Å². The number of sulfonamides is 1. The fourth-order valence-corrected chi connectivity index (χ4v) is 2.53. The van der Waals surface area contributed by atoms with Crippen LogP contribution in [0, 0.1) is 0 Å². The summed E-state index contributed by atoms with van der Waals surface area (Å²) in [6.07, 6.45) is 0.440. The largest absolute Gasteiger partial charge is 0.288 e. The highest BCUT2D eigenvalue weighted by atomic mass is 79.9. The van der Waals surface area contributed by atoms with E-state index in [9.17, 15) is 13.2 Å². The van der Waals surface area contributed by atoms with Crippen molar-refractivity contribution in [3.8, 4) is 0 Å². The van der Waals surface area contributed by atoms with Crippen LogP contribution in [0.2, 0.25) is 0 Å². The zero-order valence-electron chi connectivity index (χ0n) is 8.68. The third kappa shape index (κ3) is 3.61. The average Bonchev–Trinajstić information content (AvgIpc) is 2.17. The van der Waals surface area contributed by atoms with Crippen LogP contribution in [0.1, 0.15) is 23.7 Å². The van der Waals surface area contributed by atoms with Crippen molar-refractivity contribution in [2.45, 2.75) is 13.3 Å². The molecule has 1 aromatic carbocycles. The van der Waals surface area contributed by atoms with Crippen molar-refractivity contribution in [3.63, 3.8) is 0 Å². The first kappa shape index (κ1) is 13.2. The maximum absolute atomic E-state index is 11.6. The van der Waals surface area contributed by atoms with Gasteiger partial charge in [-0.25, -0.2) is 8.42 Å². The van der Waals surface area contributed by atoms with Gasteiger partial charge in [0.2, 0.25) is 0 Å². The number of amides is 1. The molecule has 16 heavy (non-hydrogen) atoms. The molecule has 1 rings (SSSR count).